The molecule has 2 aliphatic heterocycles. The van der Waals surface area contributed by atoms with E-state index in [0.717, 1.165) is 10.5 Å². The maximum Gasteiger partial charge on any atom is 0.0235 e. The highest BCUT2D eigenvalue weighted by atomic mass is 32.2. The van der Waals surface area contributed by atoms with Crippen molar-refractivity contribution in [3.05, 3.63) is 66.2 Å². The van der Waals surface area contributed by atoms with Crippen LogP contribution in [0.3, 0.4) is 0 Å². The summed E-state index contributed by atoms with van der Waals surface area (Å²) in [7, 11) is 0. The van der Waals surface area contributed by atoms with Crippen molar-refractivity contribution in [1.82, 2.24) is 0 Å². The van der Waals surface area contributed by atoms with Gasteiger partial charge in [-0.15, -0.1) is 0 Å². The van der Waals surface area contributed by atoms with E-state index < -0.39 is 0 Å². The van der Waals surface area contributed by atoms with Crippen molar-refractivity contribution >= 4 is 17.3 Å². The third-order valence-electron chi connectivity index (χ3n) is 4.56. The number of thioether (sulfide) groups is 1. The van der Waals surface area contributed by atoms with Crippen molar-refractivity contribution in [3.8, 4) is 11.1 Å². The molecule has 2 unspecified atom stereocenters. The van der Waals surface area contributed by atoms with E-state index in [2.05, 4.69) is 72.4 Å². The molecule has 0 nitrogen and oxygen atoms in total. The van der Waals surface area contributed by atoms with Gasteiger partial charge in [-0.1, -0.05) is 61.0 Å². The third kappa shape index (κ3) is 2.80. The van der Waals surface area contributed by atoms with E-state index in [1.807, 2.05) is 0 Å². The highest BCUT2D eigenvalue weighted by Gasteiger charge is 2.27. The molecule has 106 valence electrons. The Balaban J connectivity index is 1.68. The van der Waals surface area contributed by atoms with Crippen molar-refractivity contribution in [3.63, 3.8) is 0 Å². The zero-order valence-electron chi connectivity index (χ0n) is 12.2. The fourth-order valence-corrected chi connectivity index (χ4v) is 5.10. The summed E-state index contributed by atoms with van der Waals surface area (Å²) < 4.78 is 0. The Morgan fingerprint density at radius 2 is 1.62 bits per heavy atom. The first-order valence-corrected chi connectivity index (χ1v) is 8.85. The molecule has 1 fully saturated rings. The van der Waals surface area contributed by atoms with E-state index in [9.17, 15) is 0 Å². The lowest BCUT2D eigenvalue weighted by atomic mass is 9.91. The fraction of sp³-hybridized carbons (Fsp3) is 0.300. The number of allylic oxidation sites excluding steroid dienone is 1. The summed E-state index contributed by atoms with van der Waals surface area (Å²) in [5.41, 5.74) is 5.64. The molecule has 2 bridgehead atoms. The summed E-state index contributed by atoms with van der Waals surface area (Å²) in [5, 5.41) is 1.61. The van der Waals surface area contributed by atoms with Crippen molar-refractivity contribution < 1.29 is 0 Å². The Labute approximate surface area is 131 Å². The van der Waals surface area contributed by atoms with Crippen LogP contribution in [0.5, 0.6) is 0 Å². The predicted molar refractivity (Wildman–Crippen MR) is 93.5 cm³/mol. The Morgan fingerprint density at radius 1 is 0.810 bits per heavy atom. The molecule has 0 radical (unpaired) electrons. The molecule has 2 aliphatic rings. The molecule has 0 N–H and O–H groups in total. The summed E-state index contributed by atoms with van der Waals surface area (Å²) in [6.45, 7) is 0. The van der Waals surface area contributed by atoms with Crippen LogP contribution in [0, 0.1) is 0 Å². The number of rotatable bonds is 2. The van der Waals surface area contributed by atoms with E-state index in [1.165, 1.54) is 42.4 Å². The molecule has 2 atom stereocenters. The van der Waals surface area contributed by atoms with Gasteiger partial charge in [-0.25, -0.2) is 0 Å². The Kier molecular flexibility index (Phi) is 3.60. The van der Waals surface area contributed by atoms with E-state index >= 15 is 0 Å². The fourth-order valence-electron chi connectivity index (χ4n) is 3.48. The summed E-state index contributed by atoms with van der Waals surface area (Å²) in [4.78, 5) is 0. The largest absolute Gasteiger partial charge is 0.151 e. The molecule has 1 heteroatoms. The summed E-state index contributed by atoms with van der Waals surface area (Å²) in [6.07, 6.45) is 7.96. The molecule has 0 aliphatic carbocycles. The summed E-state index contributed by atoms with van der Waals surface area (Å²) >= 11 is 2.20. The second-order valence-electron chi connectivity index (χ2n) is 6.07. The smallest absolute Gasteiger partial charge is 0.0235 e. The maximum atomic E-state index is 2.53. The average Bonchev–Trinajstić information content (AvgIpc) is 2.55. The van der Waals surface area contributed by atoms with Gasteiger partial charge in [0.15, 0.2) is 0 Å². The lowest BCUT2D eigenvalue weighted by molar-refractivity contribution is 0.630. The minimum Gasteiger partial charge on any atom is -0.151 e. The number of hydrogen-bond donors (Lipinski definition) is 0. The lowest BCUT2D eigenvalue weighted by Gasteiger charge is -2.33. The van der Waals surface area contributed by atoms with Crippen LogP contribution in [0.15, 0.2) is 60.7 Å². The Bertz CT molecular complexity index is 657. The van der Waals surface area contributed by atoms with Gasteiger partial charge in [0.25, 0.3) is 0 Å². The minimum atomic E-state index is 0.757. The molecule has 0 amide bonds. The topological polar surface area (TPSA) is 0 Å². The molecular weight excluding hydrogens is 272 g/mol. The standard InChI is InChI=1S/C20H20S/c1-2-6-15(7-3-1)16-8-4-9-17(12-16)18-13-19-10-5-11-20(14-18)21-19/h1-4,6-9,12-13,19-20H,5,10-11,14H2. The van der Waals surface area contributed by atoms with Crippen molar-refractivity contribution in [1.29, 1.82) is 0 Å². The first-order valence-electron chi connectivity index (χ1n) is 7.90. The van der Waals surface area contributed by atoms with Gasteiger partial charge >= 0.3 is 0 Å². The van der Waals surface area contributed by atoms with Crippen LogP contribution in [0.4, 0.5) is 0 Å². The maximum absolute atomic E-state index is 2.53. The zero-order chi connectivity index (χ0) is 14.1. The van der Waals surface area contributed by atoms with Crippen molar-refractivity contribution in [2.45, 2.75) is 36.2 Å². The van der Waals surface area contributed by atoms with Crippen LogP contribution < -0.4 is 0 Å². The van der Waals surface area contributed by atoms with E-state index in [0.29, 0.717) is 0 Å². The number of hydrogen-bond acceptors (Lipinski definition) is 1. The Morgan fingerprint density at radius 3 is 2.48 bits per heavy atom. The average molecular weight is 292 g/mol. The summed E-state index contributed by atoms with van der Waals surface area (Å²) in [5.74, 6) is 0. The third-order valence-corrected chi connectivity index (χ3v) is 6.07. The first kappa shape index (κ1) is 13.2. The molecule has 21 heavy (non-hydrogen) atoms. The van der Waals surface area contributed by atoms with Crippen LogP contribution in [0.2, 0.25) is 0 Å². The van der Waals surface area contributed by atoms with Gasteiger partial charge in [0.05, 0.1) is 0 Å². The first-order chi connectivity index (χ1) is 10.4. The van der Waals surface area contributed by atoms with E-state index in [1.54, 1.807) is 5.57 Å². The van der Waals surface area contributed by atoms with Crippen molar-refractivity contribution in [2.75, 3.05) is 0 Å². The van der Waals surface area contributed by atoms with Gasteiger partial charge in [-0.3, -0.25) is 0 Å². The monoisotopic (exact) mass is 292 g/mol. The molecule has 2 aromatic rings. The highest BCUT2D eigenvalue weighted by molar-refractivity contribution is 8.00. The quantitative estimate of drug-likeness (QED) is 0.674. The van der Waals surface area contributed by atoms with Crippen molar-refractivity contribution in [2.24, 2.45) is 0 Å². The van der Waals surface area contributed by atoms with Gasteiger partial charge < -0.3 is 0 Å². The molecular formula is C20H20S. The summed E-state index contributed by atoms with van der Waals surface area (Å²) in [6, 6.07) is 19.8. The highest BCUT2D eigenvalue weighted by Crippen LogP contribution is 2.43. The molecule has 1 saturated heterocycles. The van der Waals surface area contributed by atoms with Crippen LogP contribution in [0.25, 0.3) is 16.7 Å². The molecule has 0 spiro atoms. The number of fused-ring (bicyclic) bond motifs is 2. The second-order valence-corrected chi connectivity index (χ2v) is 7.61. The van der Waals surface area contributed by atoms with Crippen LogP contribution in [-0.2, 0) is 0 Å². The van der Waals surface area contributed by atoms with Gasteiger partial charge in [-0.05, 0) is 47.6 Å². The number of benzene rings is 2. The van der Waals surface area contributed by atoms with Crippen LogP contribution in [0.1, 0.15) is 31.2 Å². The molecule has 0 aromatic heterocycles. The predicted octanol–water partition coefficient (Wildman–Crippen LogP) is 5.80. The zero-order valence-corrected chi connectivity index (χ0v) is 13.0. The van der Waals surface area contributed by atoms with E-state index in [4.69, 9.17) is 0 Å². The van der Waals surface area contributed by atoms with Gasteiger partial charge in [0, 0.05) is 10.5 Å². The molecule has 2 aromatic carbocycles. The molecule has 4 rings (SSSR count). The van der Waals surface area contributed by atoms with Crippen LogP contribution >= 0.6 is 11.8 Å². The molecule has 0 saturated carbocycles. The molecule has 2 heterocycles. The second kappa shape index (κ2) is 5.73. The minimum absolute atomic E-state index is 0.757. The van der Waals surface area contributed by atoms with Gasteiger partial charge in [0.1, 0.15) is 0 Å². The van der Waals surface area contributed by atoms with Gasteiger partial charge in [-0.2, -0.15) is 11.8 Å². The van der Waals surface area contributed by atoms with Crippen LogP contribution in [-0.4, -0.2) is 10.5 Å². The normalized spacial score (nSPS) is 24.5. The Hall–Kier alpha value is -1.47. The van der Waals surface area contributed by atoms with E-state index in [-0.39, 0.29) is 0 Å². The SMILES string of the molecule is C1=C(c2cccc(-c3ccccc3)c2)CC2CCCC1S2. The van der Waals surface area contributed by atoms with Gasteiger partial charge in [0.2, 0.25) is 0 Å². The lowest BCUT2D eigenvalue weighted by Crippen LogP contribution is -2.21.